The lowest BCUT2D eigenvalue weighted by molar-refractivity contribution is 0.627. The standard InChI is InChI=1S/C10H9FN4O/c1-5-2-3-6(11)4-7(5)8-13-9(12)15-10(16)14-8/h2-4H,1H3,(H3,12,13,14,15,16). The number of nitrogen functional groups attached to an aromatic ring is 1. The number of aryl methyl sites for hydroxylation is 1. The third-order valence-electron chi connectivity index (χ3n) is 2.12. The molecule has 1 aromatic heterocycles. The van der Waals surface area contributed by atoms with Crippen molar-refractivity contribution in [1.29, 1.82) is 0 Å². The predicted molar refractivity (Wildman–Crippen MR) is 57.2 cm³/mol. The van der Waals surface area contributed by atoms with Crippen LogP contribution in [0.2, 0.25) is 0 Å². The van der Waals surface area contributed by atoms with Gasteiger partial charge in [-0.3, -0.25) is 4.98 Å². The van der Waals surface area contributed by atoms with Gasteiger partial charge in [0.25, 0.3) is 0 Å². The van der Waals surface area contributed by atoms with Crippen LogP contribution in [0.5, 0.6) is 0 Å². The van der Waals surface area contributed by atoms with Crippen molar-refractivity contribution in [2.45, 2.75) is 6.92 Å². The first-order chi connectivity index (χ1) is 7.56. The molecule has 0 atom stereocenters. The van der Waals surface area contributed by atoms with Crippen LogP contribution in [0.25, 0.3) is 11.4 Å². The molecular formula is C10H9FN4O. The van der Waals surface area contributed by atoms with E-state index in [1.54, 1.807) is 13.0 Å². The van der Waals surface area contributed by atoms with Gasteiger partial charge in [-0.2, -0.15) is 9.97 Å². The van der Waals surface area contributed by atoms with E-state index in [4.69, 9.17) is 5.73 Å². The molecule has 0 aliphatic rings. The highest BCUT2D eigenvalue weighted by atomic mass is 19.1. The Labute approximate surface area is 90.2 Å². The molecule has 2 rings (SSSR count). The van der Waals surface area contributed by atoms with Crippen LogP contribution in [-0.4, -0.2) is 15.0 Å². The fourth-order valence-electron chi connectivity index (χ4n) is 1.38. The van der Waals surface area contributed by atoms with Crippen molar-refractivity contribution in [3.05, 3.63) is 40.1 Å². The Morgan fingerprint density at radius 3 is 2.81 bits per heavy atom. The van der Waals surface area contributed by atoms with Crippen LogP contribution < -0.4 is 11.4 Å². The summed E-state index contributed by atoms with van der Waals surface area (Å²) < 4.78 is 13.1. The van der Waals surface area contributed by atoms with Crippen LogP contribution in [-0.2, 0) is 0 Å². The molecule has 6 heteroatoms. The van der Waals surface area contributed by atoms with Crippen molar-refractivity contribution in [1.82, 2.24) is 15.0 Å². The molecule has 3 N–H and O–H groups in total. The van der Waals surface area contributed by atoms with Gasteiger partial charge in [-0.15, -0.1) is 0 Å². The number of nitrogens with zero attached hydrogens (tertiary/aromatic N) is 2. The van der Waals surface area contributed by atoms with Gasteiger partial charge < -0.3 is 5.73 Å². The van der Waals surface area contributed by atoms with Crippen molar-refractivity contribution < 1.29 is 4.39 Å². The topological polar surface area (TPSA) is 84.7 Å². The molecule has 2 aromatic rings. The van der Waals surface area contributed by atoms with Crippen LogP contribution in [0.15, 0.2) is 23.0 Å². The number of hydrogen-bond donors (Lipinski definition) is 2. The summed E-state index contributed by atoms with van der Waals surface area (Å²) in [4.78, 5) is 20.7. The SMILES string of the molecule is Cc1ccc(F)cc1-c1nc(N)nc(=O)[nH]1. The molecule has 0 unspecified atom stereocenters. The van der Waals surface area contributed by atoms with E-state index in [0.717, 1.165) is 5.56 Å². The summed E-state index contributed by atoms with van der Waals surface area (Å²) in [5.41, 5.74) is 6.02. The summed E-state index contributed by atoms with van der Waals surface area (Å²) in [6.07, 6.45) is 0. The second kappa shape index (κ2) is 3.73. The Balaban J connectivity index is 2.66. The van der Waals surface area contributed by atoms with Crippen molar-refractivity contribution in [3.63, 3.8) is 0 Å². The second-order valence-electron chi connectivity index (χ2n) is 3.32. The average Bonchev–Trinajstić information content (AvgIpc) is 2.20. The molecule has 0 spiro atoms. The maximum atomic E-state index is 13.1. The number of hydrogen-bond acceptors (Lipinski definition) is 4. The molecule has 5 nitrogen and oxygen atoms in total. The second-order valence-corrected chi connectivity index (χ2v) is 3.32. The minimum atomic E-state index is -0.605. The third-order valence-corrected chi connectivity index (χ3v) is 2.12. The first-order valence-electron chi connectivity index (χ1n) is 4.56. The Bertz CT molecular complexity index is 594. The maximum Gasteiger partial charge on any atom is 0.349 e. The molecule has 0 radical (unpaired) electrons. The number of aromatic amines is 1. The summed E-state index contributed by atoms with van der Waals surface area (Å²) >= 11 is 0. The smallest absolute Gasteiger partial charge is 0.349 e. The van der Waals surface area contributed by atoms with Gasteiger partial charge in [-0.05, 0) is 24.6 Å². The lowest BCUT2D eigenvalue weighted by atomic mass is 10.1. The number of rotatable bonds is 1. The lowest BCUT2D eigenvalue weighted by Crippen LogP contribution is -2.15. The number of halogens is 1. The number of benzene rings is 1. The molecule has 0 aliphatic heterocycles. The summed E-state index contributed by atoms with van der Waals surface area (Å²) in [5.74, 6) is -0.324. The van der Waals surface area contributed by atoms with E-state index in [-0.39, 0.29) is 11.8 Å². The van der Waals surface area contributed by atoms with Gasteiger partial charge in [0.05, 0.1) is 0 Å². The van der Waals surface area contributed by atoms with E-state index < -0.39 is 11.5 Å². The minimum Gasteiger partial charge on any atom is -0.368 e. The first-order valence-corrected chi connectivity index (χ1v) is 4.56. The molecular weight excluding hydrogens is 211 g/mol. The summed E-state index contributed by atoms with van der Waals surface area (Å²) in [6, 6.07) is 4.22. The Kier molecular flexibility index (Phi) is 2.40. The van der Waals surface area contributed by atoms with Gasteiger partial charge in [0.15, 0.2) is 0 Å². The van der Waals surface area contributed by atoms with E-state index in [1.807, 2.05) is 0 Å². The Hall–Kier alpha value is -2.24. The van der Waals surface area contributed by atoms with Gasteiger partial charge in [-0.25, -0.2) is 9.18 Å². The average molecular weight is 220 g/mol. The highest BCUT2D eigenvalue weighted by Crippen LogP contribution is 2.19. The zero-order chi connectivity index (χ0) is 11.7. The maximum absolute atomic E-state index is 13.1. The molecule has 0 saturated heterocycles. The van der Waals surface area contributed by atoms with E-state index >= 15 is 0 Å². The van der Waals surface area contributed by atoms with Crippen LogP contribution in [0, 0.1) is 12.7 Å². The van der Waals surface area contributed by atoms with Crippen LogP contribution >= 0.6 is 0 Å². The quantitative estimate of drug-likeness (QED) is 0.746. The normalized spacial score (nSPS) is 10.4. The molecule has 1 heterocycles. The highest BCUT2D eigenvalue weighted by Gasteiger charge is 2.07. The fourth-order valence-corrected chi connectivity index (χ4v) is 1.38. The summed E-state index contributed by atoms with van der Waals surface area (Å²) in [6.45, 7) is 1.78. The third kappa shape index (κ3) is 1.90. The Morgan fingerprint density at radius 2 is 2.12 bits per heavy atom. The molecule has 16 heavy (non-hydrogen) atoms. The number of nitrogens with two attached hydrogens (primary N) is 1. The van der Waals surface area contributed by atoms with Crippen molar-refractivity contribution in [2.24, 2.45) is 0 Å². The molecule has 1 aromatic carbocycles. The van der Waals surface area contributed by atoms with Crippen LogP contribution in [0.1, 0.15) is 5.56 Å². The summed E-state index contributed by atoms with van der Waals surface area (Å²) in [5, 5.41) is 0. The minimum absolute atomic E-state index is 0.137. The van der Waals surface area contributed by atoms with Gasteiger partial charge in [0.1, 0.15) is 11.6 Å². The van der Waals surface area contributed by atoms with Crippen molar-refractivity contribution in [3.8, 4) is 11.4 Å². The van der Waals surface area contributed by atoms with Crippen LogP contribution in [0.4, 0.5) is 10.3 Å². The molecule has 0 fully saturated rings. The number of nitrogens with one attached hydrogen (secondary N) is 1. The monoisotopic (exact) mass is 220 g/mol. The molecule has 0 amide bonds. The molecule has 0 aliphatic carbocycles. The van der Waals surface area contributed by atoms with E-state index in [9.17, 15) is 9.18 Å². The van der Waals surface area contributed by atoms with Gasteiger partial charge >= 0.3 is 5.69 Å². The zero-order valence-corrected chi connectivity index (χ0v) is 8.49. The van der Waals surface area contributed by atoms with Gasteiger partial charge in [-0.1, -0.05) is 6.07 Å². The summed E-state index contributed by atoms with van der Waals surface area (Å²) in [7, 11) is 0. The van der Waals surface area contributed by atoms with E-state index in [2.05, 4.69) is 15.0 Å². The Morgan fingerprint density at radius 1 is 1.38 bits per heavy atom. The zero-order valence-electron chi connectivity index (χ0n) is 8.49. The van der Waals surface area contributed by atoms with E-state index in [1.165, 1.54) is 12.1 Å². The lowest BCUT2D eigenvalue weighted by Gasteiger charge is -2.04. The van der Waals surface area contributed by atoms with Gasteiger partial charge in [0, 0.05) is 5.56 Å². The molecule has 0 bridgehead atoms. The fraction of sp³-hybridized carbons (Fsp3) is 0.100. The van der Waals surface area contributed by atoms with E-state index in [0.29, 0.717) is 5.56 Å². The number of aromatic nitrogens is 3. The molecule has 0 saturated carbocycles. The van der Waals surface area contributed by atoms with Crippen molar-refractivity contribution in [2.75, 3.05) is 5.73 Å². The largest absolute Gasteiger partial charge is 0.368 e. The van der Waals surface area contributed by atoms with Crippen molar-refractivity contribution >= 4 is 5.95 Å². The molecule has 82 valence electrons. The number of anilines is 1. The predicted octanol–water partition coefficient (Wildman–Crippen LogP) is 0.862. The van der Waals surface area contributed by atoms with Crippen LogP contribution in [0.3, 0.4) is 0 Å². The van der Waals surface area contributed by atoms with Gasteiger partial charge in [0.2, 0.25) is 5.95 Å². The highest BCUT2D eigenvalue weighted by molar-refractivity contribution is 5.60. The first kappa shape index (κ1) is 10.3. The number of H-pyrrole nitrogens is 1.